The van der Waals surface area contributed by atoms with Gasteiger partial charge in [0.05, 0.1) is 6.61 Å². The number of hydrogen-bond acceptors (Lipinski definition) is 4. The van der Waals surface area contributed by atoms with Crippen LogP contribution in [0.15, 0.2) is 41.8 Å². The molecule has 3 nitrogen and oxygen atoms in total. The van der Waals surface area contributed by atoms with Crippen LogP contribution in [0.1, 0.15) is 26.2 Å². The van der Waals surface area contributed by atoms with Gasteiger partial charge in [-0.25, -0.2) is 8.78 Å². The zero-order valence-electron chi connectivity index (χ0n) is 16.3. The molecule has 0 radical (unpaired) electrons. The highest BCUT2D eigenvalue weighted by Crippen LogP contribution is 2.36. The third-order valence-corrected chi connectivity index (χ3v) is 6.40. The lowest BCUT2D eigenvalue weighted by atomic mass is 9.93. The highest BCUT2D eigenvalue weighted by Gasteiger charge is 2.26. The maximum atomic E-state index is 15.0. The van der Waals surface area contributed by atoms with Crippen molar-refractivity contribution in [3.63, 3.8) is 0 Å². The number of fused-ring (bicyclic) bond motifs is 1. The molecular weight excluding hydrogens is 392 g/mol. The first-order valence-electron chi connectivity index (χ1n) is 9.93. The maximum absolute atomic E-state index is 15.0. The third kappa shape index (κ3) is 4.13. The van der Waals surface area contributed by atoms with Gasteiger partial charge in [0.2, 0.25) is 0 Å². The number of carbonyl (C=O) groups excluding carboxylic acids is 1. The normalized spacial score (nSPS) is 15.1. The molecule has 0 spiro atoms. The molecule has 1 aliphatic rings. The largest absolute Gasteiger partial charge is 0.466 e. The summed E-state index contributed by atoms with van der Waals surface area (Å²) in [5.41, 5.74) is 1.41. The molecule has 2 heterocycles. The smallest absolute Gasteiger partial charge is 0.306 e. The first kappa shape index (κ1) is 19.8. The average Bonchev–Trinajstić information content (AvgIpc) is 3.18. The molecule has 2 aromatic carbocycles. The lowest BCUT2D eigenvalue weighted by Gasteiger charge is -2.33. The predicted molar refractivity (Wildman–Crippen MR) is 113 cm³/mol. The SMILES string of the molecule is CCOC(=O)CC1CCN(c2c(F)cc(-c3cccc4sccc34)cc2F)CC1. The fourth-order valence-corrected chi connectivity index (χ4v) is 4.90. The number of rotatable bonds is 5. The lowest BCUT2D eigenvalue weighted by molar-refractivity contribution is -0.144. The highest BCUT2D eigenvalue weighted by atomic mass is 32.1. The summed E-state index contributed by atoms with van der Waals surface area (Å²) in [6.07, 6.45) is 1.80. The molecule has 4 rings (SSSR count). The number of anilines is 1. The van der Waals surface area contributed by atoms with Gasteiger partial charge in [0.15, 0.2) is 0 Å². The summed E-state index contributed by atoms with van der Waals surface area (Å²) in [4.78, 5) is 13.4. The van der Waals surface area contributed by atoms with E-state index in [2.05, 4.69) is 0 Å². The van der Waals surface area contributed by atoms with E-state index in [1.165, 1.54) is 12.1 Å². The standard InChI is InChI=1S/C23H23F2NO2S/c1-2-28-22(27)12-15-6-9-26(10-7-15)23-19(24)13-16(14-20(23)25)17-4-3-5-21-18(17)8-11-29-21/h3-5,8,11,13-15H,2,6-7,9-10,12H2,1H3. The van der Waals surface area contributed by atoms with Crippen molar-refractivity contribution in [3.05, 3.63) is 53.4 Å². The van der Waals surface area contributed by atoms with Gasteiger partial charge in [-0.15, -0.1) is 11.3 Å². The molecule has 0 amide bonds. The number of halogens is 2. The summed E-state index contributed by atoms with van der Waals surface area (Å²) in [6.45, 7) is 3.21. The summed E-state index contributed by atoms with van der Waals surface area (Å²) >= 11 is 1.61. The Labute approximate surface area is 172 Å². The molecule has 152 valence electrons. The minimum atomic E-state index is -0.545. The number of nitrogens with zero attached hydrogens (tertiary/aromatic N) is 1. The van der Waals surface area contributed by atoms with E-state index in [0.717, 1.165) is 15.6 Å². The average molecular weight is 416 g/mol. The Hall–Kier alpha value is -2.47. The Morgan fingerprint density at radius 3 is 2.59 bits per heavy atom. The van der Waals surface area contributed by atoms with Crippen molar-refractivity contribution in [2.45, 2.75) is 26.2 Å². The number of carbonyl (C=O) groups is 1. The van der Waals surface area contributed by atoms with E-state index in [1.807, 2.05) is 29.6 Å². The number of piperidine rings is 1. The van der Waals surface area contributed by atoms with E-state index >= 15 is 0 Å². The van der Waals surface area contributed by atoms with Gasteiger partial charge in [-0.2, -0.15) is 0 Å². The van der Waals surface area contributed by atoms with Crippen LogP contribution < -0.4 is 4.90 Å². The monoisotopic (exact) mass is 415 g/mol. The third-order valence-electron chi connectivity index (χ3n) is 5.52. The summed E-state index contributed by atoms with van der Waals surface area (Å²) < 4.78 is 36.0. The molecular formula is C23H23F2NO2S. The highest BCUT2D eigenvalue weighted by molar-refractivity contribution is 7.17. The second kappa shape index (κ2) is 8.49. The number of ether oxygens (including phenoxy) is 1. The molecule has 0 atom stereocenters. The molecule has 1 fully saturated rings. The van der Waals surface area contributed by atoms with E-state index in [9.17, 15) is 13.6 Å². The van der Waals surface area contributed by atoms with Crippen LogP contribution in [0.2, 0.25) is 0 Å². The van der Waals surface area contributed by atoms with Gasteiger partial charge in [0.25, 0.3) is 0 Å². The molecule has 1 aliphatic heterocycles. The molecule has 6 heteroatoms. The van der Waals surface area contributed by atoms with Crippen molar-refractivity contribution < 1.29 is 18.3 Å². The Kier molecular flexibility index (Phi) is 5.81. The quantitative estimate of drug-likeness (QED) is 0.478. The van der Waals surface area contributed by atoms with Crippen molar-refractivity contribution in [1.82, 2.24) is 0 Å². The van der Waals surface area contributed by atoms with Crippen molar-refractivity contribution in [3.8, 4) is 11.1 Å². The van der Waals surface area contributed by atoms with Gasteiger partial charge in [0, 0.05) is 29.6 Å². The second-order valence-corrected chi connectivity index (χ2v) is 8.31. The minimum absolute atomic E-state index is 0.0285. The van der Waals surface area contributed by atoms with Gasteiger partial charge in [-0.1, -0.05) is 12.1 Å². The zero-order valence-corrected chi connectivity index (χ0v) is 17.1. The van der Waals surface area contributed by atoms with Crippen LogP contribution in [0.3, 0.4) is 0 Å². The fraction of sp³-hybridized carbons (Fsp3) is 0.348. The van der Waals surface area contributed by atoms with Crippen LogP contribution in [-0.2, 0) is 9.53 Å². The van der Waals surface area contributed by atoms with Gasteiger partial charge in [-0.05, 0) is 66.5 Å². The molecule has 0 bridgehead atoms. The first-order chi connectivity index (χ1) is 14.1. The van der Waals surface area contributed by atoms with Gasteiger partial charge >= 0.3 is 5.97 Å². The fourth-order valence-electron chi connectivity index (χ4n) is 4.09. The van der Waals surface area contributed by atoms with Crippen LogP contribution in [0.4, 0.5) is 14.5 Å². The summed E-state index contributed by atoms with van der Waals surface area (Å²) in [5.74, 6) is -1.09. The molecule has 29 heavy (non-hydrogen) atoms. The van der Waals surface area contributed by atoms with E-state index in [0.29, 0.717) is 44.5 Å². The topological polar surface area (TPSA) is 29.5 Å². The summed E-state index contributed by atoms with van der Waals surface area (Å²) in [6, 6.07) is 10.6. The Bertz CT molecular complexity index is 1000. The Balaban J connectivity index is 1.53. The maximum Gasteiger partial charge on any atom is 0.306 e. The molecule has 1 saturated heterocycles. The molecule has 0 saturated carbocycles. The molecule has 0 unspecified atom stereocenters. The van der Waals surface area contributed by atoms with Crippen LogP contribution in [0.5, 0.6) is 0 Å². The van der Waals surface area contributed by atoms with Crippen LogP contribution in [0, 0.1) is 17.6 Å². The van der Waals surface area contributed by atoms with Gasteiger partial charge < -0.3 is 9.64 Å². The van der Waals surface area contributed by atoms with Crippen LogP contribution >= 0.6 is 11.3 Å². The van der Waals surface area contributed by atoms with E-state index in [1.54, 1.807) is 23.2 Å². The number of hydrogen-bond donors (Lipinski definition) is 0. The van der Waals surface area contributed by atoms with Crippen molar-refractivity contribution in [2.24, 2.45) is 5.92 Å². The molecule has 3 aromatic rings. The molecule has 1 aromatic heterocycles. The first-order valence-corrected chi connectivity index (χ1v) is 10.8. The number of thiophene rings is 1. The van der Waals surface area contributed by atoms with E-state index in [-0.39, 0.29) is 17.6 Å². The summed E-state index contributed by atoms with van der Waals surface area (Å²) in [7, 11) is 0. The van der Waals surface area contributed by atoms with E-state index < -0.39 is 11.6 Å². The van der Waals surface area contributed by atoms with Gasteiger partial charge in [0.1, 0.15) is 17.3 Å². The van der Waals surface area contributed by atoms with E-state index in [4.69, 9.17) is 4.74 Å². The number of esters is 1. The zero-order chi connectivity index (χ0) is 20.4. The summed E-state index contributed by atoms with van der Waals surface area (Å²) in [5, 5.41) is 2.99. The Morgan fingerprint density at radius 2 is 1.90 bits per heavy atom. The van der Waals surface area contributed by atoms with Crippen LogP contribution in [-0.4, -0.2) is 25.7 Å². The van der Waals surface area contributed by atoms with Crippen molar-refractivity contribution >= 4 is 33.1 Å². The second-order valence-electron chi connectivity index (χ2n) is 7.37. The van der Waals surface area contributed by atoms with Crippen molar-refractivity contribution in [2.75, 3.05) is 24.6 Å². The van der Waals surface area contributed by atoms with Crippen LogP contribution in [0.25, 0.3) is 21.2 Å². The van der Waals surface area contributed by atoms with Crippen molar-refractivity contribution in [1.29, 1.82) is 0 Å². The lowest BCUT2D eigenvalue weighted by Crippen LogP contribution is -2.35. The van der Waals surface area contributed by atoms with Gasteiger partial charge in [-0.3, -0.25) is 4.79 Å². The predicted octanol–water partition coefficient (Wildman–Crippen LogP) is 6.02. The molecule has 0 aliphatic carbocycles. The minimum Gasteiger partial charge on any atom is -0.466 e. The number of benzene rings is 2. The Morgan fingerprint density at radius 1 is 1.17 bits per heavy atom. The molecule has 0 N–H and O–H groups in total.